The maximum Gasteiger partial charge on any atom is 0.211 e. The summed E-state index contributed by atoms with van der Waals surface area (Å²) in [7, 11) is -4.14. The number of aryl methyl sites for hydroxylation is 1. The summed E-state index contributed by atoms with van der Waals surface area (Å²) >= 11 is 5.99. The van der Waals surface area contributed by atoms with Gasteiger partial charge in [0.2, 0.25) is 15.3 Å². The van der Waals surface area contributed by atoms with Gasteiger partial charge in [0.1, 0.15) is 10.7 Å². The molecule has 0 radical (unpaired) electrons. The Morgan fingerprint density at radius 3 is 2.35 bits per heavy atom. The van der Waals surface area contributed by atoms with Crippen LogP contribution in [0.25, 0.3) is 10.9 Å². The Morgan fingerprint density at radius 1 is 1.00 bits per heavy atom. The second-order valence-electron chi connectivity index (χ2n) is 8.63. The lowest BCUT2D eigenvalue weighted by Gasteiger charge is -2.36. The minimum absolute atomic E-state index is 0.0578. The van der Waals surface area contributed by atoms with E-state index in [1.807, 2.05) is 11.8 Å². The SMILES string of the molecule is CCCN1CCN(c2cc3c(cc2F)c(=O)c(S(=O)(=O)c2cccc(Cl)c2)cn3CCC)CC1. The van der Waals surface area contributed by atoms with Crippen LogP contribution < -0.4 is 10.3 Å². The van der Waals surface area contributed by atoms with E-state index in [0.717, 1.165) is 32.5 Å². The fourth-order valence-electron chi connectivity index (χ4n) is 4.52. The topological polar surface area (TPSA) is 62.6 Å². The number of piperazine rings is 1. The van der Waals surface area contributed by atoms with Crippen molar-refractivity contribution in [2.45, 2.75) is 43.0 Å². The van der Waals surface area contributed by atoms with Crippen molar-refractivity contribution in [3.63, 3.8) is 0 Å². The molecule has 0 unspecified atom stereocenters. The number of pyridine rings is 1. The van der Waals surface area contributed by atoms with Crippen molar-refractivity contribution < 1.29 is 12.8 Å². The summed E-state index contributed by atoms with van der Waals surface area (Å²) in [6.07, 6.45) is 3.18. The van der Waals surface area contributed by atoms with Crippen LogP contribution in [0.15, 0.2) is 57.2 Å². The smallest absolute Gasteiger partial charge is 0.211 e. The molecule has 0 spiro atoms. The van der Waals surface area contributed by atoms with Crippen molar-refractivity contribution in [3.05, 3.63) is 63.7 Å². The summed E-state index contributed by atoms with van der Waals surface area (Å²) in [5.41, 5.74) is 0.267. The number of benzene rings is 2. The number of hydrogen-bond donors (Lipinski definition) is 0. The molecule has 0 saturated carbocycles. The number of fused-ring (bicyclic) bond motifs is 1. The van der Waals surface area contributed by atoms with E-state index < -0.39 is 21.1 Å². The van der Waals surface area contributed by atoms with Gasteiger partial charge in [-0.25, -0.2) is 12.8 Å². The predicted molar refractivity (Wildman–Crippen MR) is 134 cm³/mol. The number of halogens is 2. The van der Waals surface area contributed by atoms with E-state index in [4.69, 9.17) is 11.6 Å². The van der Waals surface area contributed by atoms with Crippen LogP contribution in [0.5, 0.6) is 0 Å². The second kappa shape index (κ2) is 10.1. The molecule has 0 N–H and O–H groups in total. The van der Waals surface area contributed by atoms with E-state index >= 15 is 4.39 Å². The molecule has 1 saturated heterocycles. The third-order valence-corrected chi connectivity index (χ3v) is 8.21. The second-order valence-corrected chi connectivity index (χ2v) is 11.0. The molecule has 6 nitrogen and oxygen atoms in total. The Labute approximate surface area is 204 Å². The summed E-state index contributed by atoms with van der Waals surface area (Å²) in [5, 5.41) is 0.313. The highest BCUT2D eigenvalue weighted by Gasteiger charge is 2.26. The third kappa shape index (κ3) is 4.72. The third-order valence-electron chi connectivity index (χ3n) is 6.23. The van der Waals surface area contributed by atoms with Crippen LogP contribution in [0.3, 0.4) is 0 Å². The molecule has 34 heavy (non-hydrogen) atoms. The zero-order valence-corrected chi connectivity index (χ0v) is 21.0. The van der Waals surface area contributed by atoms with Crippen molar-refractivity contribution in [1.82, 2.24) is 9.47 Å². The number of rotatable bonds is 7. The van der Waals surface area contributed by atoms with Crippen LogP contribution in [0.4, 0.5) is 10.1 Å². The fourth-order valence-corrected chi connectivity index (χ4v) is 6.19. The summed E-state index contributed by atoms with van der Waals surface area (Å²) in [5.74, 6) is -0.520. The Morgan fingerprint density at radius 2 is 1.71 bits per heavy atom. The number of sulfone groups is 1. The van der Waals surface area contributed by atoms with Gasteiger partial charge in [-0.2, -0.15) is 0 Å². The van der Waals surface area contributed by atoms with E-state index in [2.05, 4.69) is 11.8 Å². The molecule has 182 valence electrons. The van der Waals surface area contributed by atoms with Gasteiger partial charge in [-0.3, -0.25) is 9.69 Å². The van der Waals surface area contributed by atoms with Gasteiger partial charge in [0, 0.05) is 43.9 Å². The normalized spacial score (nSPS) is 15.2. The van der Waals surface area contributed by atoms with E-state index in [-0.39, 0.29) is 20.2 Å². The van der Waals surface area contributed by atoms with Crippen molar-refractivity contribution >= 4 is 38.0 Å². The zero-order valence-electron chi connectivity index (χ0n) is 19.4. The average Bonchev–Trinajstić information content (AvgIpc) is 2.81. The fraction of sp³-hybridized carbons (Fsp3) is 0.400. The van der Waals surface area contributed by atoms with E-state index in [1.54, 1.807) is 16.7 Å². The zero-order chi connectivity index (χ0) is 24.5. The van der Waals surface area contributed by atoms with Crippen LogP contribution in [-0.2, 0) is 16.4 Å². The molecule has 0 aliphatic carbocycles. The lowest BCUT2D eigenvalue weighted by molar-refractivity contribution is 0.258. The lowest BCUT2D eigenvalue weighted by atomic mass is 10.1. The molecule has 1 fully saturated rings. The summed E-state index contributed by atoms with van der Waals surface area (Å²) < 4.78 is 43.6. The molecule has 4 rings (SSSR count). The number of aromatic nitrogens is 1. The van der Waals surface area contributed by atoms with Crippen molar-refractivity contribution in [2.75, 3.05) is 37.6 Å². The molecular weight excluding hydrogens is 477 g/mol. The van der Waals surface area contributed by atoms with Crippen LogP contribution >= 0.6 is 11.6 Å². The minimum atomic E-state index is -4.14. The molecule has 0 bridgehead atoms. The Bertz CT molecular complexity index is 1370. The van der Waals surface area contributed by atoms with Crippen LogP contribution in [0.1, 0.15) is 26.7 Å². The van der Waals surface area contributed by atoms with Crippen molar-refractivity contribution in [1.29, 1.82) is 0 Å². The number of anilines is 1. The Balaban J connectivity index is 1.83. The van der Waals surface area contributed by atoms with Gasteiger partial charge in [0.25, 0.3) is 0 Å². The van der Waals surface area contributed by atoms with E-state index in [0.29, 0.717) is 30.8 Å². The summed E-state index contributed by atoms with van der Waals surface area (Å²) in [4.78, 5) is 17.2. The minimum Gasteiger partial charge on any atom is -0.367 e. The van der Waals surface area contributed by atoms with Crippen LogP contribution in [0.2, 0.25) is 5.02 Å². The molecular formula is C25H29ClFN3O3S. The molecule has 3 aromatic rings. The first kappa shape index (κ1) is 24.7. The first-order valence-electron chi connectivity index (χ1n) is 11.6. The van der Waals surface area contributed by atoms with E-state index in [9.17, 15) is 13.2 Å². The molecule has 2 aromatic carbocycles. The van der Waals surface area contributed by atoms with Gasteiger partial charge in [-0.05, 0) is 49.7 Å². The molecule has 1 aliphatic heterocycles. The van der Waals surface area contributed by atoms with Crippen molar-refractivity contribution in [2.24, 2.45) is 0 Å². The summed E-state index contributed by atoms with van der Waals surface area (Å²) in [6.45, 7) is 8.71. The van der Waals surface area contributed by atoms with Gasteiger partial charge in [0.15, 0.2) is 0 Å². The van der Waals surface area contributed by atoms with E-state index in [1.165, 1.54) is 30.5 Å². The van der Waals surface area contributed by atoms with Gasteiger partial charge < -0.3 is 9.47 Å². The maximum atomic E-state index is 15.3. The maximum absolute atomic E-state index is 15.3. The summed E-state index contributed by atoms with van der Waals surface area (Å²) in [6, 6.07) is 8.67. The van der Waals surface area contributed by atoms with Gasteiger partial charge >= 0.3 is 0 Å². The highest BCUT2D eigenvalue weighted by atomic mass is 35.5. The monoisotopic (exact) mass is 505 g/mol. The lowest BCUT2D eigenvalue weighted by Crippen LogP contribution is -2.46. The predicted octanol–water partition coefficient (Wildman–Crippen LogP) is 4.57. The average molecular weight is 506 g/mol. The molecule has 9 heteroatoms. The molecule has 0 amide bonds. The Hall–Kier alpha value is -2.42. The number of nitrogens with zero attached hydrogens (tertiary/aromatic N) is 3. The number of hydrogen-bond acceptors (Lipinski definition) is 5. The first-order chi connectivity index (χ1) is 16.3. The largest absolute Gasteiger partial charge is 0.367 e. The van der Waals surface area contributed by atoms with Crippen LogP contribution in [-0.4, -0.2) is 50.6 Å². The highest BCUT2D eigenvalue weighted by molar-refractivity contribution is 7.91. The Kier molecular flexibility index (Phi) is 7.31. The van der Waals surface area contributed by atoms with Crippen molar-refractivity contribution in [3.8, 4) is 0 Å². The first-order valence-corrected chi connectivity index (χ1v) is 13.5. The molecule has 2 heterocycles. The van der Waals surface area contributed by atoms with Gasteiger partial charge in [0.05, 0.1) is 21.5 Å². The van der Waals surface area contributed by atoms with Crippen LogP contribution in [0, 0.1) is 5.82 Å². The molecule has 1 aromatic heterocycles. The molecule has 1 aliphatic rings. The molecule has 0 atom stereocenters. The standard InChI is InChI=1S/C25H29ClFN3O3S/c1-3-8-28-10-12-29(13-11-28)23-16-22-20(15-21(23)27)25(31)24(17-30(22)9-4-2)34(32,33)19-7-5-6-18(26)14-19/h5-7,14-17H,3-4,8-13H2,1-2H3. The van der Waals surface area contributed by atoms with Gasteiger partial charge in [-0.15, -0.1) is 0 Å². The quantitative estimate of drug-likeness (QED) is 0.470. The van der Waals surface area contributed by atoms with Gasteiger partial charge in [-0.1, -0.05) is 31.5 Å². The highest BCUT2D eigenvalue weighted by Crippen LogP contribution is 2.29.